The molecular weight excluding hydrogens is 268 g/mol. The van der Waals surface area contributed by atoms with Crippen molar-refractivity contribution >= 4 is 17.7 Å². The van der Waals surface area contributed by atoms with Crippen LogP contribution in [0.5, 0.6) is 0 Å². The number of rotatable bonds is 3. The molecule has 5 nitrogen and oxygen atoms in total. The van der Waals surface area contributed by atoms with Gasteiger partial charge in [-0.3, -0.25) is 4.79 Å². The average Bonchev–Trinajstić information content (AvgIpc) is 2.37. The van der Waals surface area contributed by atoms with Crippen LogP contribution in [-0.4, -0.2) is 23.1 Å². The summed E-state index contributed by atoms with van der Waals surface area (Å²) < 4.78 is 0. The molecule has 0 saturated heterocycles. The summed E-state index contributed by atoms with van der Waals surface area (Å²) >= 11 is 0. The highest BCUT2D eigenvalue weighted by molar-refractivity contribution is 5.89. The number of anilines is 1. The van der Waals surface area contributed by atoms with E-state index >= 15 is 0 Å². The van der Waals surface area contributed by atoms with E-state index in [1.165, 1.54) is 0 Å². The molecule has 5 heteroatoms. The van der Waals surface area contributed by atoms with Gasteiger partial charge in [-0.05, 0) is 62.8 Å². The molecule has 0 spiro atoms. The van der Waals surface area contributed by atoms with E-state index in [0.717, 1.165) is 29.7 Å². The van der Waals surface area contributed by atoms with Crippen molar-refractivity contribution < 1.29 is 14.7 Å². The highest BCUT2D eigenvalue weighted by Crippen LogP contribution is 2.24. The van der Waals surface area contributed by atoms with E-state index in [4.69, 9.17) is 5.11 Å². The largest absolute Gasteiger partial charge is 0.481 e. The second kappa shape index (κ2) is 6.61. The summed E-state index contributed by atoms with van der Waals surface area (Å²) in [7, 11) is 0. The minimum absolute atomic E-state index is 0.0616. The predicted octanol–water partition coefficient (Wildman–Crippen LogP) is 3.07. The number of carboxylic acid groups (broad SMARTS) is 1. The van der Waals surface area contributed by atoms with Crippen molar-refractivity contribution in [3.05, 3.63) is 29.3 Å². The summed E-state index contributed by atoms with van der Waals surface area (Å²) in [6.45, 7) is 3.98. The molecule has 0 bridgehead atoms. The molecule has 0 radical (unpaired) electrons. The lowest BCUT2D eigenvalue weighted by molar-refractivity contribution is -0.142. The van der Waals surface area contributed by atoms with Gasteiger partial charge in [0.25, 0.3) is 0 Å². The molecule has 3 N–H and O–H groups in total. The summed E-state index contributed by atoms with van der Waals surface area (Å²) in [4.78, 5) is 22.9. The highest BCUT2D eigenvalue weighted by atomic mass is 16.4. The third kappa shape index (κ3) is 4.48. The molecule has 1 aliphatic rings. The Kier molecular flexibility index (Phi) is 4.83. The standard InChI is InChI=1S/C16H22N2O3/c1-10-7-11(2)9-14(8-10)18-16(21)17-13-5-3-12(4-6-13)15(19)20/h7-9,12-13H,3-6H2,1-2H3,(H,19,20)(H2,17,18,21). The Balaban J connectivity index is 1.84. The first-order valence-corrected chi connectivity index (χ1v) is 7.32. The molecule has 2 amide bonds. The fraction of sp³-hybridized carbons (Fsp3) is 0.500. The van der Waals surface area contributed by atoms with Gasteiger partial charge in [0.15, 0.2) is 0 Å². The van der Waals surface area contributed by atoms with E-state index in [-0.39, 0.29) is 18.0 Å². The Morgan fingerprint density at radius 2 is 1.62 bits per heavy atom. The molecule has 1 fully saturated rings. The van der Waals surface area contributed by atoms with Crippen LogP contribution in [0.15, 0.2) is 18.2 Å². The minimum Gasteiger partial charge on any atom is -0.481 e. The number of nitrogens with one attached hydrogen (secondary N) is 2. The van der Waals surface area contributed by atoms with Crippen LogP contribution in [0, 0.1) is 19.8 Å². The van der Waals surface area contributed by atoms with Crippen molar-refractivity contribution in [1.29, 1.82) is 0 Å². The van der Waals surface area contributed by atoms with Crippen molar-refractivity contribution in [2.75, 3.05) is 5.32 Å². The molecule has 0 atom stereocenters. The maximum absolute atomic E-state index is 12.0. The molecule has 1 saturated carbocycles. The lowest BCUT2D eigenvalue weighted by Gasteiger charge is -2.26. The number of carboxylic acids is 1. The molecule has 0 aromatic heterocycles. The molecular formula is C16H22N2O3. The predicted molar refractivity (Wildman–Crippen MR) is 81.5 cm³/mol. The van der Waals surface area contributed by atoms with E-state index in [1.807, 2.05) is 26.0 Å². The number of hydrogen-bond donors (Lipinski definition) is 3. The van der Waals surface area contributed by atoms with Crippen molar-refractivity contribution in [2.24, 2.45) is 5.92 Å². The van der Waals surface area contributed by atoms with Crippen molar-refractivity contribution in [2.45, 2.75) is 45.6 Å². The summed E-state index contributed by atoms with van der Waals surface area (Å²) in [5.74, 6) is -0.987. The molecule has 0 heterocycles. The molecule has 114 valence electrons. The summed E-state index contributed by atoms with van der Waals surface area (Å²) in [6.07, 6.45) is 2.70. The first-order chi connectivity index (χ1) is 9.94. The monoisotopic (exact) mass is 290 g/mol. The zero-order valence-corrected chi connectivity index (χ0v) is 12.5. The molecule has 0 aliphatic heterocycles. The zero-order valence-electron chi connectivity index (χ0n) is 12.5. The minimum atomic E-state index is -0.729. The summed E-state index contributed by atoms with van der Waals surface area (Å²) in [5, 5.41) is 14.7. The molecule has 2 rings (SSSR count). The van der Waals surface area contributed by atoms with Gasteiger partial charge in [0.2, 0.25) is 0 Å². The number of hydrogen-bond acceptors (Lipinski definition) is 2. The number of carbonyl (C=O) groups excluding carboxylic acids is 1. The maximum atomic E-state index is 12.0. The second-order valence-corrected chi connectivity index (χ2v) is 5.86. The van der Waals surface area contributed by atoms with Crippen LogP contribution in [0.2, 0.25) is 0 Å². The number of amides is 2. The quantitative estimate of drug-likeness (QED) is 0.800. The van der Waals surface area contributed by atoms with Gasteiger partial charge in [0.05, 0.1) is 5.92 Å². The van der Waals surface area contributed by atoms with E-state index in [1.54, 1.807) is 0 Å². The van der Waals surface area contributed by atoms with Crippen LogP contribution < -0.4 is 10.6 Å². The normalized spacial score (nSPS) is 21.6. The average molecular weight is 290 g/mol. The van der Waals surface area contributed by atoms with Crippen LogP contribution in [-0.2, 0) is 4.79 Å². The van der Waals surface area contributed by atoms with E-state index in [9.17, 15) is 9.59 Å². The van der Waals surface area contributed by atoms with Gasteiger partial charge in [-0.2, -0.15) is 0 Å². The van der Waals surface area contributed by atoms with Crippen LogP contribution >= 0.6 is 0 Å². The first kappa shape index (κ1) is 15.4. The highest BCUT2D eigenvalue weighted by Gasteiger charge is 2.26. The van der Waals surface area contributed by atoms with Crippen LogP contribution in [0.3, 0.4) is 0 Å². The fourth-order valence-electron chi connectivity index (χ4n) is 2.88. The zero-order chi connectivity index (χ0) is 15.4. The van der Waals surface area contributed by atoms with Gasteiger partial charge in [0, 0.05) is 11.7 Å². The number of urea groups is 1. The van der Waals surface area contributed by atoms with Crippen molar-refractivity contribution in [1.82, 2.24) is 5.32 Å². The smallest absolute Gasteiger partial charge is 0.319 e. The fourth-order valence-corrected chi connectivity index (χ4v) is 2.88. The van der Waals surface area contributed by atoms with Crippen LogP contribution in [0.1, 0.15) is 36.8 Å². The SMILES string of the molecule is Cc1cc(C)cc(NC(=O)NC2CCC(C(=O)O)CC2)c1. The number of aryl methyl sites for hydroxylation is 2. The third-order valence-corrected chi connectivity index (χ3v) is 3.89. The van der Waals surface area contributed by atoms with Gasteiger partial charge in [-0.1, -0.05) is 6.07 Å². The number of carbonyl (C=O) groups is 2. The Morgan fingerprint density at radius 1 is 1.05 bits per heavy atom. The first-order valence-electron chi connectivity index (χ1n) is 7.32. The van der Waals surface area contributed by atoms with Gasteiger partial charge >= 0.3 is 12.0 Å². The van der Waals surface area contributed by atoms with E-state index in [2.05, 4.69) is 16.7 Å². The van der Waals surface area contributed by atoms with E-state index < -0.39 is 5.97 Å². The van der Waals surface area contributed by atoms with Gasteiger partial charge in [-0.15, -0.1) is 0 Å². The second-order valence-electron chi connectivity index (χ2n) is 5.86. The molecule has 1 aromatic carbocycles. The molecule has 1 aromatic rings. The number of benzene rings is 1. The van der Waals surface area contributed by atoms with E-state index in [0.29, 0.717) is 12.8 Å². The van der Waals surface area contributed by atoms with Crippen LogP contribution in [0.25, 0.3) is 0 Å². The lowest BCUT2D eigenvalue weighted by atomic mass is 9.86. The Bertz CT molecular complexity index is 514. The third-order valence-electron chi connectivity index (χ3n) is 3.89. The van der Waals surface area contributed by atoms with Gasteiger partial charge in [0.1, 0.15) is 0 Å². The Morgan fingerprint density at radius 3 is 2.14 bits per heavy atom. The van der Waals surface area contributed by atoms with Crippen molar-refractivity contribution in [3.63, 3.8) is 0 Å². The number of aliphatic carboxylic acids is 1. The lowest BCUT2D eigenvalue weighted by Crippen LogP contribution is -2.41. The Labute approximate surface area is 124 Å². The molecule has 0 unspecified atom stereocenters. The topological polar surface area (TPSA) is 78.4 Å². The maximum Gasteiger partial charge on any atom is 0.319 e. The van der Waals surface area contributed by atoms with Gasteiger partial charge < -0.3 is 15.7 Å². The van der Waals surface area contributed by atoms with Crippen molar-refractivity contribution in [3.8, 4) is 0 Å². The summed E-state index contributed by atoms with van der Waals surface area (Å²) in [5.41, 5.74) is 2.99. The summed E-state index contributed by atoms with van der Waals surface area (Å²) in [6, 6.07) is 5.74. The van der Waals surface area contributed by atoms with Crippen LogP contribution in [0.4, 0.5) is 10.5 Å². The molecule has 1 aliphatic carbocycles. The Hall–Kier alpha value is -2.04. The molecule has 21 heavy (non-hydrogen) atoms. The van der Waals surface area contributed by atoms with Gasteiger partial charge in [-0.25, -0.2) is 4.79 Å².